The highest BCUT2D eigenvalue weighted by molar-refractivity contribution is 5.27. The van der Waals surface area contributed by atoms with Gasteiger partial charge in [-0.15, -0.1) is 0 Å². The predicted molar refractivity (Wildman–Crippen MR) is 87.1 cm³/mol. The molecule has 3 rings (SSSR count). The van der Waals surface area contributed by atoms with Crippen LogP contribution in [0.1, 0.15) is 29.9 Å². The van der Waals surface area contributed by atoms with Crippen LogP contribution in [-0.2, 0) is 11.3 Å². The maximum atomic E-state index is 13.5. The summed E-state index contributed by atoms with van der Waals surface area (Å²) < 4.78 is 19.4. The lowest BCUT2D eigenvalue weighted by molar-refractivity contribution is 0.0842. The normalized spacial score (nSPS) is 21.2. The smallest absolute Gasteiger partial charge is 0.123 e. The monoisotopic (exact) mass is 296 g/mol. The van der Waals surface area contributed by atoms with Gasteiger partial charge in [-0.3, -0.25) is 0 Å². The molecular formula is C20H21FO. The Morgan fingerprint density at radius 1 is 1.05 bits per heavy atom. The molecule has 2 atom stereocenters. The molecule has 0 spiro atoms. The van der Waals surface area contributed by atoms with Crippen molar-refractivity contribution in [3.05, 3.63) is 83.7 Å². The highest BCUT2D eigenvalue weighted by Gasteiger charge is 2.31. The maximum absolute atomic E-state index is 13.5. The van der Waals surface area contributed by atoms with Crippen molar-refractivity contribution in [2.24, 2.45) is 5.92 Å². The first-order chi connectivity index (χ1) is 10.7. The zero-order valence-electron chi connectivity index (χ0n) is 12.7. The minimum Gasteiger partial charge on any atom is -0.376 e. The number of benzene rings is 2. The van der Waals surface area contributed by atoms with Crippen molar-refractivity contribution < 1.29 is 9.13 Å². The fraction of sp³-hybridized carbons (Fsp3) is 0.300. The fourth-order valence-electron chi connectivity index (χ4n) is 3.28. The molecule has 114 valence electrons. The van der Waals surface area contributed by atoms with Crippen LogP contribution in [0.4, 0.5) is 4.39 Å². The van der Waals surface area contributed by atoms with Crippen LogP contribution in [0, 0.1) is 11.7 Å². The SMILES string of the molecule is C=C1CC(COCc2ccccc2)C(c2cccc(F)c2)C1. The molecule has 1 nitrogen and oxygen atoms in total. The third-order valence-corrected chi connectivity index (χ3v) is 4.35. The van der Waals surface area contributed by atoms with Gasteiger partial charge in [-0.2, -0.15) is 0 Å². The molecule has 2 unspecified atom stereocenters. The van der Waals surface area contributed by atoms with Crippen LogP contribution in [-0.4, -0.2) is 6.61 Å². The summed E-state index contributed by atoms with van der Waals surface area (Å²) in [6.07, 6.45) is 1.90. The number of halogens is 1. The van der Waals surface area contributed by atoms with Crippen molar-refractivity contribution in [3.8, 4) is 0 Å². The van der Waals surface area contributed by atoms with Gasteiger partial charge >= 0.3 is 0 Å². The lowest BCUT2D eigenvalue weighted by Crippen LogP contribution is -2.13. The minimum atomic E-state index is -0.168. The second-order valence-corrected chi connectivity index (χ2v) is 6.08. The summed E-state index contributed by atoms with van der Waals surface area (Å²) in [5, 5.41) is 0. The number of hydrogen-bond donors (Lipinski definition) is 0. The Bertz CT molecular complexity index is 635. The van der Waals surface area contributed by atoms with E-state index in [0.717, 1.165) is 18.4 Å². The molecule has 22 heavy (non-hydrogen) atoms. The Morgan fingerprint density at radius 2 is 1.86 bits per heavy atom. The van der Waals surface area contributed by atoms with Crippen LogP contribution < -0.4 is 0 Å². The quantitative estimate of drug-likeness (QED) is 0.698. The van der Waals surface area contributed by atoms with Crippen molar-refractivity contribution in [3.63, 3.8) is 0 Å². The van der Waals surface area contributed by atoms with E-state index in [1.165, 1.54) is 17.2 Å². The van der Waals surface area contributed by atoms with E-state index in [2.05, 4.69) is 18.7 Å². The summed E-state index contributed by atoms with van der Waals surface area (Å²) in [6, 6.07) is 17.1. The maximum Gasteiger partial charge on any atom is 0.123 e. The third kappa shape index (κ3) is 3.63. The van der Waals surface area contributed by atoms with Gasteiger partial charge in [-0.25, -0.2) is 4.39 Å². The minimum absolute atomic E-state index is 0.168. The summed E-state index contributed by atoms with van der Waals surface area (Å²) >= 11 is 0. The molecule has 1 aliphatic rings. The Morgan fingerprint density at radius 3 is 2.64 bits per heavy atom. The van der Waals surface area contributed by atoms with E-state index >= 15 is 0 Å². The first kappa shape index (κ1) is 15.0. The standard InChI is InChI=1S/C20H21FO/c1-15-10-18(14-22-13-16-6-3-2-4-7-16)20(11-15)17-8-5-9-19(21)12-17/h2-9,12,18,20H,1,10-11,13-14H2. The second-order valence-electron chi connectivity index (χ2n) is 6.08. The average Bonchev–Trinajstić information content (AvgIpc) is 2.89. The molecule has 1 saturated carbocycles. The number of ether oxygens (including phenoxy) is 1. The summed E-state index contributed by atoms with van der Waals surface area (Å²) in [5.41, 5.74) is 3.48. The average molecular weight is 296 g/mol. The van der Waals surface area contributed by atoms with Gasteiger partial charge in [0, 0.05) is 0 Å². The summed E-state index contributed by atoms with van der Waals surface area (Å²) in [6.45, 7) is 5.43. The first-order valence-corrected chi connectivity index (χ1v) is 7.76. The molecule has 0 N–H and O–H groups in total. The zero-order chi connectivity index (χ0) is 15.4. The van der Waals surface area contributed by atoms with Crippen LogP contribution in [0.3, 0.4) is 0 Å². The van der Waals surface area contributed by atoms with E-state index in [1.54, 1.807) is 12.1 Å². The number of allylic oxidation sites excluding steroid dienone is 1. The van der Waals surface area contributed by atoms with E-state index in [4.69, 9.17) is 4.74 Å². The van der Waals surface area contributed by atoms with Gasteiger partial charge in [0.25, 0.3) is 0 Å². The van der Waals surface area contributed by atoms with E-state index in [0.29, 0.717) is 25.0 Å². The largest absolute Gasteiger partial charge is 0.376 e. The molecule has 2 heteroatoms. The lowest BCUT2D eigenvalue weighted by atomic mass is 9.89. The fourth-order valence-corrected chi connectivity index (χ4v) is 3.28. The topological polar surface area (TPSA) is 9.23 Å². The van der Waals surface area contributed by atoms with Gasteiger partial charge in [-0.05, 0) is 47.9 Å². The molecule has 0 amide bonds. The number of hydrogen-bond acceptors (Lipinski definition) is 1. The van der Waals surface area contributed by atoms with E-state index in [1.807, 2.05) is 24.3 Å². The van der Waals surface area contributed by atoms with Crippen LogP contribution in [0.5, 0.6) is 0 Å². The van der Waals surface area contributed by atoms with Gasteiger partial charge in [0.2, 0.25) is 0 Å². The Hall–Kier alpha value is -1.93. The summed E-state index contributed by atoms with van der Waals surface area (Å²) in [4.78, 5) is 0. The van der Waals surface area contributed by atoms with Crippen molar-refractivity contribution in [2.45, 2.75) is 25.4 Å². The van der Waals surface area contributed by atoms with Gasteiger partial charge < -0.3 is 4.74 Å². The predicted octanol–water partition coefficient (Wildman–Crippen LogP) is 5.09. The van der Waals surface area contributed by atoms with Crippen molar-refractivity contribution >= 4 is 0 Å². The van der Waals surface area contributed by atoms with Crippen molar-refractivity contribution in [2.75, 3.05) is 6.61 Å². The van der Waals surface area contributed by atoms with E-state index in [9.17, 15) is 4.39 Å². The van der Waals surface area contributed by atoms with Crippen molar-refractivity contribution in [1.82, 2.24) is 0 Å². The molecule has 0 heterocycles. The van der Waals surface area contributed by atoms with Crippen LogP contribution >= 0.6 is 0 Å². The van der Waals surface area contributed by atoms with Gasteiger partial charge in [0.1, 0.15) is 5.82 Å². The van der Waals surface area contributed by atoms with Crippen LogP contribution in [0.25, 0.3) is 0 Å². The van der Waals surface area contributed by atoms with Gasteiger partial charge in [-0.1, -0.05) is 54.6 Å². The van der Waals surface area contributed by atoms with Crippen LogP contribution in [0.2, 0.25) is 0 Å². The van der Waals surface area contributed by atoms with Crippen LogP contribution in [0.15, 0.2) is 66.7 Å². The molecule has 0 saturated heterocycles. The van der Waals surface area contributed by atoms with E-state index in [-0.39, 0.29) is 5.82 Å². The van der Waals surface area contributed by atoms with Gasteiger partial charge in [0.05, 0.1) is 13.2 Å². The first-order valence-electron chi connectivity index (χ1n) is 7.76. The Kier molecular flexibility index (Phi) is 4.69. The molecule has 2 aromatic rings. The summed E-state index contributed by atoms with van der Waals surface area (Å²) in [7, 11) is 0. The number of rotatable bonds is 5. The zero-order valence-corrected chi connectivity index (χ0v) is 12.7. The second kappa shape index (κ2) is 6.89. The molecule has 0 radical (unpaired) electrons. The molecule has 0 aliphatic heterocycles. The molecule has 0 bridgehead atoms. The molecular weight excluding hydrogens is 275 g/mol. The summed E-state index contributed by atoms with van der Waals surface area (Å²) in [5.74, 6) is 0.538. The molecule has 0 aromatic heterocycles. The van der Waals surface area contributed by atoms with Crippen molar-refractivity contribution in [1.29, 1.82) is 0 Å². The lowest BCUT2D eigenvalue weighted by Gasteiger charge is -2.19. The molecule has 1 fully saturated rings. The third-order valence-electron chi connectivity index (χ3n) is 4.35. The Balaban J connectivity index is 1.62. The Labute approximate surface area is 131 Å². The highest BCUT2D eigenvalue weighted by Crippen LogP contribution is 2.42. The molecule has 2 aromatic carbocycles. The highest BCUT2D eigenvalue weighted by atomic mass is 19.1. The molecule has 1 aliphatic carbocycles. The van der Waals surface area contributed by atoms with Gasteiger partial charge in [0.15, 0.2) is 0 Å². The van der Waals surface area contributed by atoms with E-state index < -0.39 is 0 Å².